The van der Waals surface area contributed by atoms with Crippen LogP contribution in [0.5, 0.6) is 11.6 Å². The lowest BCUT2D eigenvalue weighted by Gasteiger charge is -2.33. The van der Waals surface area contributed by atoms with Crippen LogP contribution >= 0.6 is 0 Å². The first-order valence-electron chi connectivity index (χ1n) is 11.2. The van der Waals surface area contributed by atoms with Gasteiger partial charge in [-0.25, -0.2) is 14.8 Å². The minimum atomic E-state index is -0.293. The molecule has 34 heavy (non-hydrogen) atoms. The van der Waals surface area contributed by atoms with Crippen molar-refractivity contribution >= 4 is 28.7 Å². The molecule has 3 aromatic heterocycles. The van der Waals surface area contributed by atoms with Gasteiger partial charge in [-0.2, -0.15) is 5.10 Å². The maximum atomic E-state index is 12.8. The molecule has 1 N–H and O–H groups in total. The molecule has 4 heterocycles. The van der Waals surface area contributed by atoms with E-state index in [2.05, 4.69) is 20.4 Å². The van der Waals surface area contributed by atoms with Crippen molar-refractivity contribution in [3.8, 4) is 11.6 Å². The van der Waals surface area contributed by atoms with Gasteiger partial charge >= 0.3 is 6.03 Å². The predicted molar refractivity (Wildman–Crippen MR) is 126 cm³/mol. The molecule has 0 aliphatic carbocycles. The average molecular weight is 460 g/mol. The summed E-state index contributed by atoms with van der Waals surface area (Å²) in [6, 6.07) is 8.87. The van der Waals surface area contributed by atoms with Crippen LogP contribution in [0.1, 0.15) is 32.0 Å². The number of hydrogen-bond acceptors (Lipinski definition) is 6. The molecule has 0 saturated heterocycles. The summed E-state index contributed by atoms with van der Waals surface area (Å²) in [7, 11) is 0. The fraction of sp³-hybridized carbons (Fsp3) is 0.292. The van der Waals surface area contributed by atoms with Crippen molar-refractivity contribution in [2.24, 2.45) is 0 Å². The van der Waals surface area contributed by atoms with Crippen molar-refractivity contribution in [3.63, 3.8) is 0 Å². The van der Waals surface area contributed by atoms with Crippen LogP contribution in [0.4, 0.5) is 10.6 Å². The molecular weight excluding hydrogens is 434 g/mol. The second-order valence-corrected chi connectivity index (χ2v) is 8.30. The van der Waals surface area contributed by atoms with Gasteiger partial charge in [0.25, 0.3) is 0 Å². The van der Waals surface area contributed by atoms with Crippen molar-refractivity contribution in [1.29, 1.82) is 0 Å². The molecule has 1 atom stereocenters. The second kappa shape index (κ2) is 8.62. The van der Waals surface area contributed by atoms with Crippen LogP contribution in [0.2, 0.25) is 0 Å². The zero-order valence-electron chi connectivity index (χ0n) is 19.2. The third-order valence-electron chi connectivity index (χ3n) is 6.05. The van der Waals surface area contributed by atoms with Crippen molar-refractivity contribution in [3.05, 3.63) is 60.3 Å². The number of carbonyl (C=O) groups is 2. The molecule has 1 aliphatic heterocycles. The van der Waals surface area contributed by atoms with E-state index in [9.17, 15) is 9.59 Å². The van der Waals surface area contributed by atoms with Crippen LogP contribution < -0.4 is 10.1 Å². The van der Waals surface area contributed by atoms with Gasteiger partial charge in [0.1, 0.15) is 12.1 Å². The van der Waals surface area contributed by atoms with Crippen LogP contribution in [-0.4, -0.2) is 47.2 Å². The van der Waals surface area contributed by atoms with Gasteiger partial charge in [-0.15, -0.1) is 0 Å². The van der Waals surface area contributed by atoms with E-state index in [1.807, 2.05) is 38.2 Å². The standard InChI is InChI=1S/C24H25N7O3/c1-4-29-9-8-22(28-29)27-24(33)30-10-7-17-12-18(5-6-21(17)30)34-23-19-11-15(2)31(16(3)32)13-20(19)25-14-26-23/h5-10,12,14-15H,4,11,13H2,1-3H3,(H,27,28,33). The first kappa shape index (κ1) is 21.6. The summed E-state index contributed by atoms with van der Waals surface area (Å²) in [4.78, 5) is 35.2. The molecule has 174 valence electrons. The number of nitrogens with one attached hydrogen (secondary N) is 1. The summed E-state index contributed by atoms with van der Waals surface area (Å²) in [5, 5.41) is 7.96. The van der Waals surface area contributed by atoms with Gasteiger partial charge in [0.2, 0.25) is 11.8 Å². The first-order chi connectivity index (χ1) is 16.4. The zero-order chi connectivity index (χ0) is 23.8. The van der Waals surface area contributed by atoms with Crippen molar-refractivity contribution in [2.45, 2.75) is 46.3 Å². The molecule has 0 saturated carbocycles. The fourth-order valence-corrected chi connectivity index (χ4v) is 4.25. The summed E-state index contributed by atoms with van der Waals surface area (Å²) >= 11 is 0. The van der Waals surface area contributed by atoms with Crippen molar-refractivity contribution < 1.29 is 14.3 Å². The average Bonchev–Trinajstić information content (AvgIpc) is 3.45. The van der Waals surface area contributed by atoms with Gasteiger partial charge in [-0.3, -0.25) is 19.4 Å². The van der Waals surface area contributed by atoms with Crippen molar-refractivity contribution in [2.75, 3.05) is 5.32 Å². The van der Waals surface area contributed by atoms with E-state index in [0.29, 0.717) is 30.4 Å². The Hall–Kier alpha value is -4.21. The number of amides is 2. The predicted octanol–water partition coefficient (Wildman–Crippen LogP) is 3.81. The molecular formula is C24H25N7O3. The third-order valence-corrected chi connectivity index (χ3v) is 6.05. The Labute approximate surface area is 196 Å². The highest BCUT2D eigenvalue weighted by Crippen LogP contribution is 2.32. The number of aryl methyl sites for hydroxylation is 1. The van der Waals surface area contributed by atoms with Crippen LogP contribution in [0.3, 0.4) is 0 Å². The van der Waals surface area contributed by atoms with E-state index < -0.39 is 0 Å². The number of aromatic nitrogens is 5. The summed E-state index contributed by atoms with van der Waals surface area (Å²) < 4.78 is 9.42. The molecule has 5 rings (SSSR count). The number of nitrogens with zero attached hydrogens (tertiary/aromatic N) is 6. The number of carbonyl (C=O) groups excluding carboxylic acids is 2. The van der Waals surface area contributed by atoms with E-state index >= 15 is 0 Å². The quantitative estimate of drug-likeness (QED) is 0.497. The Kier molecular flexibility index (Phi) is 5.48. The SMILES string of the molecule is CCn1ccc(NC(=O)n2ccc3cc(Oc4ncnc5c4CC(C)N(C(C)=O)C5)ccc32)n1. The Morgan fingerprint density at radius 3 is 2.79 bits per heavy atom. The van der Waals surface area contributed by atoms with E-state index in [1.54, 1.807) is 34.8 Å². The molecule has 2 amide bonds. The Balaban J connectivity index is 1.37. The summed E-state index contributed by atoms with van der Waals surface area (Å²) in [5.41, 5.74) is 2.46. The highest BCUT2D eigenvalue weighted by Gasteiger charge is 2.28. The maximum Gasteiger partial charge on any atom is 0.331 e. The van der Waals surface area contributed by atoms with Crippen molar-refractivity contribution in [1.82, 2.24) is 29.2 Å². The largest absolute Gasteiger partial charge is 0.439 e. The Morgan fingerprint density at radius 2 is 2.03 bits per heavy atom. The van der Waals surface area contributed by atoms with E-state index in [1.165, 1.54) is 10.9 Å². The molecule has 0 fully saturated rings. The van der Waals surface area contributed by atoms with Gasteiger partial charge in [-0.05, 0) is 44.5 Å². The normalized spacial score (nSPS) is 15.3. The molecule has 1 aromatic carbocycles. The minimum Gasteiger partial charge on any atom is -0.439 e. The Morgan fingerprint density at radius 1 is 1.18 bits per heavy atom. The Bertz CT molecular complexity index is 1390. The van der Waals surface area contributed by atoms with Crippen LogP contribution in [-0.2, 0) is 24.3 Å². The lowest BCUT2D eigenvalue weighted by molar-refractivity contribution is -0.132. The summed E-state index contributed by atoms with van der Waals surface area (Å²) in [6.07, 6.45) is 5.61. The monoisotopic (exact) mass is 459 g/mol. The minimum absolute atomic E-state index is 0.0250. The molecule has 0 bridgehead atoms. The number of hydrogen-bond donors (Lipinski definition) is 1. The number of benzene rings is 1. The van der Waals surface area contributed by atoms with Gasteiger partial charge in [0.05, 0.1) is 17.8 Å². The topological polar surface area (TPSA) is 107 Å². The smallest absolute Gasteiger partial charge is 0.331 e. The summed E-state index contributed by atoms with van der Waals surface area (Å²) in [5.74, 6) is 1.62. The molecule has 0 spiro atoms. The molecule has 10 nitrogen and oxygen atoms in total. The number of fused-ring (bicyclic) bond motifs is 2. The molecule has 4 aromatic rings. The van der Waals surface area contributed by atoms with Gasteiger partial charge in [-0.1, -0.05) is 0 Å². The third kappa shape index (κ3) is 3.98. The lowest BCUT2D eigenvalue weighted by atomic mass is 9.99. The van der Waals surface area contributed by atoms with Crippen LogP contribution in [0.25, 0.3) is 10.9 Å². The lowest BCUT2D eigenvalue weighted by Crippen LogP contribution is -2.41. The first-order valence-corrected chi connectivity index (χ1v) is 11.2. The van der Waals surface area contributed by atoms with E-state index in [4.69, 9.17) is 4.74 Å². The summed E-state index contributed by atoms with van der Waals surface area (Å²) in [6.45, 7) is 6.73. The zero-order valence-corrected chi connectivity index (χ0v) is 19.2. The molecule has 1 aliphatic rings. The van der Waals surface area contributed by atoms with Gasteiger partial charge < -0.3 is 9.64 Å². The van der Waals surface area contributed by atoms with E-state index in [-0.39, 0.29) is 18.0 Å². The number of rotatable bonds is 4. The molecule has 10 heteroatoms. The highest BCUT2D eigenvalue weighted by molar-refractivity contribution is 5.98. The van der Waals surface area contributed by atoms with Gasteiger partial charge in [0.15, 0.2) is 5.82 Å². The molecule has 0 radical (unpaired) electrons. The van der Waals surface area contributed by atoms with Crippen LogP contribution in [0, 0.1) is 0 Å². The highest BCUT2D eigenvalue weighted by atomic mass is 16.5. The number of ether oxygens (including phenoxy) is 1. The number of anilines is 1. The molecule has 1 unspecified atom stereocenters. The fourth-order valence-electron chi connectivity index (χ4n) is 4.25. The van der Waals surface area contributed by atoms with E-state index in [0.717, 1.165) is 28.7 Å². The van der Waals surface area contributed by atoms with Crippen LogP contribution in [0.15, 0.2) is 49.1 Å². The van der Waals surface area contributed by atoms with Gasteiger partial charge in [0, 0.05) is 48.9 Å². The maximum absolute atomic E-state index is 12.8. The second-order valence-electron chi connectivity index (χ2n) is 8.30.